The second-order valence-electron chi connectivity index (χ2n) is 26.0. The van der Waals surface area contributed by atoms with Gasteiger partial charge in [-0.1, -0.05) is 235 Å². The number of rotatable bonds is 18. The summed E-state index contributed by atoms with van der Waals surface area (Å²) in [7, 11) is 0. The molecule has 0 fully saturated rings. The largest absolute Gasteiger partial charge is 0.383 e. The molecule has 0 bridgehead atoms. The van der Waals surface area contributed by atoms with Crippen LogP contribution in [0.4, 0.5) is 42.7 Å². The van der Waals surface area contributed by atoms with Crippen LogP contribution in [0.5, 0.6) is 0 Å². The van der Waals surface area contributed by atoms with Crippen LogP contribution in [-0.4, -0.2) is 98.7 Å². The summed E-state index contributed by atoms with van der Waals surface area (Å²) in [5.41, 5.74) is 72.1. The number of halogens is 1. The number of non-ortho nitro benzene ring substituents is 3. The minimum Gasteiger partial charge on any atom is -0.383 e. The molecule has 0 saturated carbocycles. The van der Waals surface area contributed by atoms with E-state index < -0.39 is 14.8 Å². The molecule has 5 aromatic heterocycles. The van der Waals surface area contributed by atoms with Crippen LogP contribution >= 0.6 is 68.3 Å². The molecule has 636 valence electrons. The van der Waals surface area contributed by atoms with Crippen LogP contribution < -0.4 is 57.3 Å². The first kappa shape index (κ1) is 91.3. The molecule has 0 amide bonds. The van der Waals surface area contributed by atoms with E-state index in [1.165, 1.54) is 93.1 Å². The average Bonchev–Trinajstić information content (AvgIpc) is 1.44. The van der Waals surface area contributed by atoms with E-state index in [1.807, 2.05) is 194 Å². The molecular weight excluding hydrogens is 1730 g/mol. The lowest BCUT2D eigenvalue weighted by molar-refractivity contribution is -0.385. The number of aliphatic imine (C=N–C) groups is 10. The molecule has 40 heteroatoms. The van der Waals surface area contributed by atoms with Gasteiger partial charge >= 0.3 is 0 Å². The lowest BCUT2D eigenvalue weighted by atomic mass is 10.1. The number of nitro benzene ring substituents is 3. The van der Waals surface area contributed by atoms with E-state index in [1.54, 1.807) is 76.8 Å². The number of thiazole rings is 5. The van der Waals surface area contributed by atoms with Gasteiger partial charge in [0.05, 0.1) is 48.3 Å². The standard InChI is InChI=1S/2C18H16N6O2S.C17H13ClN6O2S.2C17H15N5S/c1-11-4-2-6-13(8-11)16(19)22-17(20)23-18-21-15(10-27-18)12-5-3-7-14(9-12)24(25)26;1-11-5-7-12(8-6-11)16(19)22-17(20)23-18-21-15(10-27-18)13-3-2-4-14(9-13)24(25)26;18-13-7-2-1-6-12(13)15(19)22-16(20)23-17-21-14(9-27-17)10-4-3-5-11(8-10)24(25)26;2*18-15(13-9-5-2-6-10-13)21-16(19)22-17-20-14(11-23-17)12-7-3-1-4-8-12/h2*2-10H,1H3,(H4,19,20,21,22,23);1-9H,(H4,19,20,21,22,23);2*1-11H,(H4,18,19,20,21,22). The summed E-state index contributed by atoms with van der Waals surface area (Å²) >= 11 is 12.6. The van der Waals surface area contributed by atoms with Gasteiger partial charge in [0.15, 0.2) is 0 Å². The molecular formula is C87H75ClN28O6S5. The predicted molar refractivity (Wildman–Crippen MR) is 514 cm³/mol. The first-order valence-corrected chi connectivity index (χ1v) is 42.0. The van der Waals surface area contributed by atoms with Gasteiger partial charge in [-0.05, 0) is 32.0 Å². The Hall–Kier alpha value is -16.5. The number of hydrogen-bond donors (Lipinski definition) is 10. The molecule has 15 aromatic rings. The molecule has 10 aromatic carbocycles. The highest BCUT2D eigenvalue weighted by atomic mass is 35.5. The van der Waals surface area contributed by atoms with Gasteiger partial charge in [0.2, 0.25) is 55.5 Å². The van der Waals surface area contributed by atoms with E-state index in [0.717, 1.165) is 55.9 Å². The number of guanidine groups is 5. The third kappa shape index (κ3) is 27.8. The van der Waals surface area contributed by atoms with Crippen LogP contribution in [0.1, 0.15) is 38.9 Å². The lowest BCUT2D eigenvalue weighted by Gasteiger charge is -2.02. The Kier molecular flexibility index (Phi) is 32.3. The van der Waals surface area contributed by atoms with Gasteiger partial charge in [0, 0.05) is 119 Å². The Bertz CT molecular complexity index is 6550. The van der Waals surface area contributed by atoms with Crippen molar-refractivity contribution in [3.05, 3.63) is 368 Å². The summed E-state index contributed by atoms with van der Waals surface area (Å²) in [6.45, 7) is 3.94. The number of aromatic nitrogens is 5. The minimum atomic E-state index is -0.459. The molecule has 0 unspecified atom stereocenters. The number of nitrogens with zero attached hydrogens (tertiary/aromatic N) is 18. The smallest absolute Gasteiger partial charge is 0.270 e. The number of aryl methyl sites for hydroxylation is 2. The second-order valence-corrected chi connectivity index (χ2v) is 30.6. The Morgan fingerprint density at radius 2 is 0.543 bits per heavy atom. The Morgan fingerprint density at radius 1 is 0.283 bits per heavy atom. The van der Waals surface area contributed by atoms with Crippen molar-refractivity contribution in [3.8, 4) is 56.3 Å². The monoisotopic (exact) mass is 1800 g/mol. The maximum Gasteiger partial charge on any atom is 0.270 e. The van der Waals surface area contributed by atoms with Gasteiger partial charge in [0.25, 0.3) is 17.1 Å². The highest BCUT2D eigenvalue weighted by molar-refractivity contribution is 7.15. The molecule has 5 heterocycles. The van der Waals surface area contributed by atoms with E-state index in [4.69, 9.17) is 68.9 Å². The van der Waals surface area contributed by atoms with Gasteiger partial charge in [-0.15, -0.1) is 56.7 Å². The maximum absolute atomic E-state index is 10.9. The van der Waals surface area contributed by atoms with Crippen LogP contribution in [-0.2, 0) is 0 Å². The highest BCUT2D eigenvalue weighted by Gasteiger charge is 2.16. The van der Waals surface area contributed by atoms with Crippen LogP contribution in [0, 0.1) is 44.2 Å². The predicted octanol–water partition coefficient (Wildman–Crippen LogP) is 16.8. The highest BCUT2D eigenvalue weighted by Crippen LogP contribution is 2.34. The first-order chi connectivity index (χ1) is 61.2. The third-order valence-corrected chi connectivity index (χ3v) is 20.8. The molecule has 0 radical (unpaired) electrons. The molecule has 15 rings (SSSR count). The molecule has 0 aliphatic rings. The van der Waals surface area contributed by atoms with E-state index >= 15 is 0 Å². The summed E-state index contributed by atoms with van der Waals surface area (Å²) < 4.78 is 0. The van der Waals surface area contributed by atoms with Crippen LogP contribution in [0.25, 0.3) is 56.3 Å². The summed E-state index contributed by atoms with van der Waals surface area (Å²) in [6, 6.07) is 79.4. The van der Waals surface area contributed by atoms with Crippen LogP contribution in [0.15, 0.2) is 344 Å². The van der Waals surface area contributed by atoms with Gasteiger partial charge in [-0.3, -0.25) is 30.3 Å². The zero-order valence-corrected chi connectivity index (χ0v) is 71.8. The molecule has 0 aliphatic heterocycles. The Balaban J connectivity index is 0.000000154. The van der Waals surface area contributed by atoms with Crippen molar-refractivity contribution in [1.82, 2.24) is 24.9 Å². The van der Waals surface area contributed by atoms with Crippen molar-refractivity contribution in [1.29, 1.82) is 0 Å². The number of hydrogen-bond acceptors (Lipinski definition) is 21. The van der Waals surface area contributed by atoms with Gasteiger partial charge in [0.1, 0.15) is 29.2 Å². The second kappa shape index (κ2) is 44.9. The molecule has 127 heavy (non-hydrogen) atoms. The van der Waals surface area contributed by atoms with Gasteiger partial charge in [-0.25, -0.2) is 24.9 Å². The first-order valence-electron chi connectivity index (χ1n) is 37.3. The van der Waals surface area contributed by atoms with Crippen molar-refractivity contribution in [2.45, 2.75) is 13.8 Å². The zero-order valence-electron chi connectivity index (χ0n) is 67.0. The molecule has 20 N–H and O–H groups in total. The summed E-state index contributed by atoms with van der Waals surface area (Å²) in [5.74, 6) is 1.35. The fraction of sp³-hybridized carbons (Fsp3) is 0.0230. The number of benzene rings is 10. The number of amidine groups is 5. The van der Waals surface area contributed by atoms with Crippen molar-refractivity contribution in [2.75, 3.05) is 0 Å². The maximum atomic E-state index is 10.9. The Labute approximate surface area is 750 Å². The quantitative estimate of drug-likeness (QED) is 0.0165. The molecule has 0 spiro atoms. The summed E-state index contributed by atoms with van der Waals surface area (Å²) in [5, 5.41) is 44.5. The number of nitrogens with two attached hydrogens (primary N) is 10. The Morgan fingerprint density at radius 3 is 0.858 bits per heavy atom. The van der Waals surface area contributed by atoms with Gasteiger partial charge < -0.3 is 57.3 Å². The molecule has 34 nitrogen and oxygen atoms in total. The lowest BCUT2D eigenvalue weighted by Crippen LogP contribution is -2.19. The third-order valence-electron chi connectivity index (χ3n) is 16.8. The number of nitro groups is 3. The molecule has 0 atom stereocenters. The van der Waals surface area contributed by atoms with Crippen molar-refractivity contribution < 1.29 is 14.8 Å². The van der Waals surface area contributed by atoms with E-state index in [0.29, 0.717) is 81.7 Å². The average molecular weight is 1800 g/mol. The van der Waals surface area contributed by atoms with E-state index in [-0.39, 0.29) is 64.4 Å². The van der Waals surface area contributed by atoms with Gasteiger partial charge in [-0.2, -0.15) is 49.9 Å². The van der Waals surface area contributed by atoms with Crippen molar-refractivity contribution in [3.63, 3.8) is 0 Å². The molecule has 0 saturated heterocycles. The van der Waals surface area contributed by atoms with Crippen molar-refractivity contribution in [2.24, 2.45) is 107 Å². The normalized spacial score (nSPS) is 12.2. The molecule has 0 aliphatic carbocycles. The minimum absolute atomic E-state index is 0.000497. The summed E-state index contributed by atoms with van der Waals surface area (Å²) in [4.78, 5) is 94.5. The topological polar surface area (TPSA) is 578 Å². The van der Waals surface area contributed by atoms with E-state index in [9.17, 15) is 30.3 Å². The van der Waals surface area contributed by atoms with Crippen LogP contribution in [0.2, 0.25) is 5.02 Å². The fourth-order valence-electron chi connectivity index (χ4n) is 10.8. The van der Waals surface area contributed by atoms with Crippen LogP contribution in [0.3, 0.4) is 0 Å². The fourth-order valence-corrected chi connectivity index (χ4v) is 14.5. The van der Waals surface area contributed by atoms with E-state index in [2.05, 4.69) is 74.8 Å². The zero-order chi connectivity index (χ0) is 90.3. The summed E-state index contributed by atoms with van der Waals surface area (Å²) in [6.07, 6.45) is 0. The van der Waals surface area contributed by atoms with Crippen molar-refractivity contribution >= 4 is 170 Å². The SMILES string of the molecule is Cc1ccc(C(N)=NC(N)=Nc2nc(-c3cccc([N+](=O)[O-])c3)cs2)cc1.Cc1cccc(C(N)=NC(N)=Nc2nc(-c3cccc([N+](=O)[O-])c3)cs2)c1.NC(=Nc1nc(-c2cccc([N+](=O)[O-])c2)cs1)N=C(N)c1ccccc1Cl.NC(=Nc1nc(-c2ccccc2)cs1)N=C(N)c1ccccc1.NC(=Nc1nc(-c2ccccc2)cs1)N=C(N)c1ccccc1.